The van der Waals surface area contributed by atoms with Crippen molar-refractivity contribution in [3.63, 3.8) is 0 Å². The van der Waals surface area contributed by atoms with Crippen molar-refractivity contribution in [2.45, 2.75) is 43.7 Å². The van der Waals surface area contributed by atoms with E-state index in [0.717, 1.165) is 0 Å². The molecule has 0 aliphatic heterocycles. The summed E-state index contributed by atoms with van der Waals surface area (Å²) in [5, 5.41) is 21.2. The Morgan fingerprint density at radius 3 is 2.35 bits per heavy atom. The van der Waals surface area contributed by atoms with Crippen LogP contribution in [0.1, 0.15) is 26.7 Å². The third-order valence-electron chi connectivity index (χ3n) is 3.21. The van der Waals surface area contributed by atoms with Crippen molar-refractivity contribution in [2.75, 3.05) is 5.75 Å². The molecule has 1 amide bonds. The molecule has 0 radical (unpaired) electrons. The Balaban J connectivity index is 2.57. The molecule has 0 saturated heterocycles. The van der Waals surface area contributed by atoms with Gasteiger partial charge in [-0.15, -0.1) is 0 Å². The van der Waals surface area contributed by atoms with Gasteiger partial charge in [-0.1, -0.05) is 32.0 Å². The van der Waals surface area contributed by atoms with Gasteiger partial charge in [-0.25, -0.2) is 4.79 Å². The second-order valence-electron chi connectivity index (χ2n) is 5.70. The molecule has 3 atom stereocenters. The van der Waals surface area contributed by atoms with Gasteiger partial charge in [0.05, 0.1) is 10.8 Å². The molecule has 0 aromatic heterocycles. The maximum atomic E-state index is 12.1. The smallest absolute Gasteiger partial charge is 0.326 e. The monoisotopic (exact) mass is 341 g/mol. The molecule has 0 aliphatic carbocycles. The first-order valence-corrected chi connectivity index (χ1v) is 8.77. The number of aliphatic hydroxyl groups excluding tert-OH is 1. The Morgan fingerprint density at radius 1 is 1.22 bits per heavy atom. The average molecular weight is 341 g/mol. The third-order valence-corrected chi connectivity index (χ3v) is 4.61. The lowest BCUT2D eigenvalue weighted by Crippen LogP contribution is -2.46. The van der Waals surface area contributed by atoms with Gasteiger partial charge < -0.3 is 15.5 Å². The molecule has 23 heavy (non-hydrogen) atoms. The van der Waals surface area contributed by atoms with Gasteiger partial charge in [0.2, 0.25) is 5.91 Å². The minimum Gasteiger partial charge on any atom is -0.480 e. The number of carbonyl (C=O) groups excluding carboxylic acids is 1. The number of carbonyl (C=O) groups is 2. The summed E-state index contributed by atoms with van der Waals surface area (Å²) < 4.78 is 12.1. The van der Waals surface area contributed by atoms with Crippen molar-refractivity contribution in [2.24, 2.45) is 5.92 Å². The summed E-state index contributed by atoms with van der Waals surface area (Å²) in [5.41, 5.74) is 0. The molecule has 6 nitrogen and oxygen atoms in total. The molecular formula is C16H23NO5S. The Hall–Kier alpha value is -1.73. The van der Waals surface area contributed by atoms with Gasteiger partial charge in [-0.05, 0) is 30.9 Å². The van der Waals surface area contributed by atoms with Crippen molar-refractivity contribution >= 4 is 22.7 Å². The number of nitrogens with one attached hydrogen (secondary N) is 1. The summed E-state index contributed by atoms with van der Waals surface area (Å²) in [6.07, 6.45) is -0.957. The summed E-state index contributed by atoms with van der Waals surface area (Å²) in [6.45, 7) is 3.71. The lowest BCUT2D eigenvalue weighted by molar-refractivity contribution is -0.143. The molecule has 1 rings (SSSR count). The van der Waals surface area contributed by atoms with Crippen LogP contribution in [0.3, 0.4) is 0 Å². The molecule has 7 heteroatoms. The molecule has 0 unspecified atom stereocenters. The summed E-state index contributed by atoms with van der Waals surface area (Å²) in [4.78, 5) is 23.7. The number of amides is 1. The van der Waals surface area contributed by atoms with Crippen LogP contribution in [0.15, 0.2) is 35.2 Å². The average Bonchev–Trinajstić information content (AvgIpc) is 2.50. The molecular weight excluding hydrogens is 318 g/mol. The molecule has 0 saturated carbocycles. The van der Waals surface area contributed by atoms with Gasteiger partial charge in [-0.3, -0.25) is 9.00 Å². The molecule has 0 aliphatic rings. The van der Waals surface area contributed by atoms with Crippen molar-refractivity contribution < 1.29 is 24.0 Å². The number of aliphatic hydroxyl groups is 1. The van der Waals surface area contributed by atoms with E-state index in [1.807, 2.05) is 13.8 Å². The summed E-state index contributed by atoms with van der Waals surface area (Å²) >= 11 is 0. The number of carboxylic acids is 1. The lowest BCUT2D eigenvalue weighted by atomic mass is 10.1. The number of aliphatic carboxylic acids is 1. The normalized spacial score (nSPS) is 15.0. The van der Waals surface area contributed by atoms with E-state index in [0.29, 0.717) is 4.90 Å². The second-order valence-corrected chi connectivity index (χ2v) is 7.27. The van der Waals surface area contributed by atoms with Crippen molar-refractivity contribution in [1.29, 1.82) is 0 Å². The van der Waals surface area contributed by atoms with E-state index in [1.54, 1.807) is 30.3 Å². The van der Waals surface area contributed by atoms with Crippen molar-refractivity contribution in [1.82, 2.24) is 5.32 Å². The van der Waals surface area contributed by atoms with E-state index >= 15 is 0 Å². The Morgan fingerprint density at radius 2 is 1.83 bits per heavy atom. The van der Waals surface area contributed by atoms with Crippen molar-refractivity contribution in [3.05, 3.63) is 30.3 Å². The SMILES string of the molecule is CC(C)C[C@@H](O)C(=O)N[C@H](CC[S@@](=O)c1ccccc1)C(=O)O. The number of carboxylic acid groups (broad SMARTS) is 1. The number of hydrogen-bond acceptors (Lipinski definition) is 4. The molecule has 1 aromatic carbocycles. The fraction of sp³-hybridized carbons (Fsp3) is 0.500. The minimum absolute atomic E-state index is 0.0248. The van der Waals surface area contributed by atoms with Crippen LogP contribution in [0, 0.1) is 5.92 Å². The van der Waals surface area contributed by atoms with Gasteiger partial charge in [0.1, 0.15) is 12.1 Å². The number of rotatable bonds is 9. The Labute approximate surface area is 138 Å². The number of benzene rings is 1. The highest BCUT2D eigenvalue weighted by molar-refractivity contribution is 7.85. The van der Waals surface area contributed by atoms with Gasteiger partial charge in [0.15, 0.2) is 0 Å². The maximum Gasteiger partial charge on any atom is 0.326 e. The van der Waals surface area contributed by atoms with Gasteiger partial charge >= 0.3 is 5.97 Å². The van der Waals surface area contributed by atoms with Gasteiger partial charge in [-0.2, -0.15) is 0 Å². The molecule has 0 bridgehead atoms. The van der Waals surface area contributed by atoms with E-state index in [9.17, 15) is 24.0 Å². The van der Waals surface area contributed by atoms with Crippen LogP contribution in [0.25, 0.3) is 0 Å². The van der Waals surface area contributed by atoms with E-state index in [4.69, 9.17) is 0 Å². The second kappa shape index (κ2) is 9.42. The van der Waals surface area contributed by atoms with Gasteiger partial charge in [0, 0.05) is 10.6 Å². The van der Waals surface area contributed by atoms with E-state index < -0.39 is 34.8 Å². The highest BCUT2D eigenvalue weighted by Gasteiger charge is 2.25. The van der Waals surface area contributed by atoms with E-state index in [1.165, 1.54) is 0 Å². The lowest BCUT2D eigenvalue weighted by Gasteiger charge is -2.18. The highest BCUT2D eigenvalue weighted by Crippen LogP contribution is 2.09. The predicted molar refractivity (Wildman–Crippen MR) is 87.4 cm³/mol. The molecule has 0 heterocycles. The zero-order chi connectivity index (χ0) is 17.4. The standard InChI is InChI=1S/C16H23NO5S/c1-11(2)10-14(18)15(19)17-13(16(20)21)8-9-23(22)12-6-4-3-5-7-12/h3-7,11,13-14,18H,8-10H2,1-2H3,(H,17,19)(H,20,21)/t13-,14-,23-/m1/s1. The Bertz CT molecular complexity index is 547. The largest absolute Gasteiger partial charge is 0.480 e. The first-order valence-electron chi connectivity index (χ1n) is 7.46. The molecule has 1 aromatic rings. The van der Waals surface area contributed by atoms with E-state index in [2.05, 4.69) is 5.32 Å². The van der Waals surface area contributed by atoms with E-state index in [-0.39, 0.29) is 24.5 Å². The summed E-state index contributed by atoms with van der Waals surface area (Å²) in [7, 11) is -1.33. The zero-order valence-electron chi connectivity index (χ0n) is 13.3. The minimum atomic E-state index is -1.33. The number of hydrogen-bond donors (Lipinski definition) is 3. The van der Waals surface area contributed by atoms with Crippen LogP contribution in [0.5, 0.6) is 0 Å². The summed E-state index contributed by atoms with van der Waals surface area (Å²) in [5.74, 6) is -1.69. The molecule has 0 fully saturated rings. The quantitative estimate of drug-likeness (QED) is 0.625. The maximum absolute atomic E-state index is 12.1. The fourth-order valence-electron chi connectivity index (χ4n) is 1.99. The highest BCUT2D eigenvalue weighted by atomic mass is 32.2. The molecule has 3 N–H and O–H groups in total. The topological polar surface area (TPSA) is 104 Å². The predicted octanol–water partition coefficient (Wildman–Crippen LogP) is 1.16. The Kier molecular flexibility index (Phi) is 7.91. The first kappa shape index (κ1) is 19.3. The van der Waals surface area contributed by atoms with Crippen LogP contribution in [0.4, 0.5) is 0 Å². The zero-order valence-corrected chi connectivity index (χ0v) is 14.1. The van der Waals surface area contributed by atoms with Crippen LogP contribution >= 0.6 is 0 Å². The van der Waals surface area contributed by atoms with Crippen LogP contribution in [-0.2, 0) is 20.4 Å². The van der Waals surface area contributed by atoms with Crippen LogP contribution < -0.4 is 5.32 Å². The van der Waals surface area contributed by atoms with Gasteiger partial charge in [0.25, 0.3) is 0 Å². The first-order chi connectivity index (χ1) is 10.8. The molecule has 0 spiro atoms. The fourth-order valence-corrected chi connectivity index (χ4v) is 3.14. The van der Waals surface area contributed by atoms with Crippen molar-refractivity contribution in [3.8, 4) is 0 Å². The molecule has 128 valence electrons. The summed E-state index contributed by atoms with van der Waals surface area (Å²) in [6, 6.07) is 7.56. The third kappa shape index (κ3) is 6.92. The van der Waals surface area contributed by atoms with Crippen LogP contribution in [-0.4, -0.2) is 44.2 Å². The van der Waals surface area contributed by atoms with Crippen LogP contribution in [0.2, 0.25) is 0 Å².